The first-order valence-electron chi connectivity index (χ1n) is 4.60. The van der Waals surface area contributed by atoms with Crippen molar-refractivity contribution in [3.05, 3.63) is 0 Å². The van der Waals surface area contributed by atoms with Gasteiger partial charge in [0.25, 0.3) is 0 Å². The average Bonchev–Trinajstić information content (AvgIpc) is 2.09. The minimum atomic E-state index is 0.779. The molecule has 0 unspecified atom stereocenters. The third-order valence-corrected chi connectivity index (χ3v) is 1.67. The van der Waals surface area contributed by atoms with E-state index in [2.05, 4.69) is 48.1 Å². The summed E-state index contributed by atoms with van der Waals surface area (Å²) in [5.74, 6) is 6.14. The summed E-state index contributed by atoms with van der Waals surface area (Å²) in [7, 11) is 8.17. The van der Waals surface area contributed by atoms with Crippen molar-refractivity contribution in [2.75, 3.05) is 54.4 Å². The van der Waals surface area contributed by atoms with Gasteiger partial charge in [0.2, 0.25) is 0 Å². The first kappa shape index (κ1) is 12.4. The number of likely N-dealkylation sites (N-methyl/N-ethyl adjacent to an activating group) is 2. The summed E-state index contributed by atoms with van der Waals surface area (Å²) in [5.41, 5.74) is 0. The van der Waals surface area contributed by atoms with Gasteiger partial charge in [0, 0.05) is 13.1 Å². The molecule has 76 valence electrons. The SMILES string of the molecule is CNCC#CCN(C)CCN(C)C. The summed E-state index contributed by atoms with van der Waals surface area (Å²) in [6.07, 6.45) is 0. The molecule has 0 heterocycles. The van der Waals surface area contributed by atoms with Crippen molar-refractivity contribution < 1.29 is 0 Å². The topological polar surface area (TPSA) is 18.5 Å². The fourth-order valence-corrected chi connectivity index (χ4v) is 0.792. The van der Waals surface area contributed by atoms with Crippen molar-refractivity contribution in [3.63, 3.8) is 0 Å². The standard InChI is InChI=1S/C10H21N3/c1-11-7-5-6-8-13(4)10-9-12(2)3/h11H,7-10H2,1-4H3. The van der Waals surface area contributed by atoms with E-state index in [1.54, 1.807) is 0 Å². The molecular formula is C10H21N3. The molecule has 3 heteroatoms. The summed E-state index contributed by atoms with van der Waals surface area (Å²) >= 11 is 0. The number of nitrogens with zero attached hydrogens (tertiary/aromatic N) is 2. The largest absolute Gasteiger partial charge is 0.309 e. The quantitative estimate of drug-likeness (QED) is 0.591. The van der Waals surface area contributed by atoms with Gasteiger partial charge in [-0.25, -0.2) is 0 Å². The highest BCUT2D eigenvalue weighted by molar-refractivity contribution is 5.02. The first-order valence-corrected chi connectivity index (χ1v) is 4.60. The van der Waals surface area contributed by atoms with Gasteiger partial charge in [0.15, 0.2) is 0 Å². The lowest BCUT2D eigenvalue weighted by Gasteiger charge is -2.16. The van der Waals surface area contributed by atoms with Crippen LogP contribution in [0.25, 0.3) is 0 Å². The Morgan fingerprint density at radius 3 is 2.31 bits per heavy atom. The van der Waals surface area contributed by atoms with Crippen LogP contribution in [0.2, 0.25) is 0 Å². The zero-order valence-electron chi connectivity index (χ0n) is 9.22. The molecular weight excluding hydrogens is 162 g/mol. The average molecular weight is 183 g/mol. The van der Waals surface area contributed by atoms with Crippen LogP contribution in [0.15, 0.2) is 0 Å². The lowest BCUT2D eigenvalue weighted by Crippen LogP contribution is -2.28. The van der Waals surface area contributed by atoms with Crippen LogP contribution in [0, 0.1) is 11.8 Å². The summed E-state index contributed by atoms with van der Waals surface area (Å²) < 4.78 is 0. The van der Waals surface area contributed by atoms with Crippen LogP contribution in [-0.4, -0.2) is 64.2 Å². The van der Waals surface area contributed by atoms with Gasteiger partial charge in [-0.15, -0.1) is 0 Å². The highest BCUT2D eigenvalue weighted by atomic mass is 15.1. The monoisotopic (exact) mass is 183 g/mol. The molecule has 13 heavy (non-hydrogen) atoms. The second-order valence-corrected chi connectivity index (χ2v) is 3.42. The molecule has 0 aliphatic carbocycles. The lowest BCUT2D eigenvalue weighted by atomic mass is 10.4. The van der Waals surface area contributed by atoms with Crippen molar-refractivity contribution in [3.8, 4) is 11.8 Å². The smallest absolute Gasteiger partial charge is 0.0600 e. The Bertz CT molecular complexity index is 167. The van der Waals surface area contributed by atoms with E-state index in [0.29, 0.717) is 0 Å². The first-order chi connectivity index (χ1) is 6.16. The molecule has 0 saturated heterocycles. The Labute approximate surface area is 82.1 Å². The van der Waals surface area contributed by atoms with Gasteiger partial charge < -0.3 is 10.2 Å². The fraction of sp³-hybridized carbons (Fsp3) is 0.800. The van der Waals surface area contributed by atoms with E-state index in [9.17, 15) is 0 Å². The van der Waals surface area contributed by atoms with Crippen LogP contribution in [-0.2, 0) is 0 Å². The van der Waals surface area contributed by atoms with E-state index in [4.69, 9.17) is 0 Å². The fourth-order valence-electron chi connectivity index (χ4n) is 0.792. The van der Waals surface area contributed by atoms with E-state index in [1.807, 2.05) is 7.05 Å². The predicted molar refractivity (Wildman–Crippen MR) is 57.8 cm³/mol. The second kappa shape index (κ2) is 8.06. The summed E-state index contributed by atoms with van der Waals surface area (Å²) in [6, 6.07) is 0. The minimum Gasteiger partial charge on any atom is -0.309 e. The molecule has 0 rings (SSSR count). The predicted octanol–water partition coefficient (Wildman–Crippen LogP) is -0.297. The van der Waals surface area contributed by atoms with E-state index in [-0.39, 0.29) is 0 Å². The zero-order valence-corrected chi connectivity index (χ0v) is 9.22. The van der Waals surface area contributed by atoms with Gasteiger partial charge in [0.1, 0.15) is 0 Å². The number of hydrogen-bond acceptors (Lipinski definition) is 3. The maximum absolute atomic E-state index is 3.10. The van der Waals surface area contributed by atoms with Crippen molar-refractivity contribution in [2.24, 2.45) is 0 Å². The second-order valence-electron chi connectivity index (χ2n) is 3.42. The van der Waals surface area contributed by atoms with Gasteiger partial charge >= 0.3 is 0 Å². The van der Waals surface area contributed by atoms with Crippen LogP contribution < -0.4 is 5.32 Å². The molecule has 0 amide bonds. The zero-order chi connectivity index (χ0) is 10.1. The van der Waals surface area contributed by atoms with Gasteiger partial charge in [-0.1, -0.05) is 11.8 Å². The Morgan fingerprint density at radius 2 is 1.77 bits per heavy atom. The normalized spacial score (nSPS) is 10.3. The Morgan fingerprint density at radius 1 is 1.08 bits per heavy atom. The number of nitrogens with one attached hydrogen (secondary N) is 1. The summed E-state index contributed by atoms with van der Waals surface area (Å²) in [5, 5.41) is 2.99. The molecule has 0 bridgehead atoms. The molecule has 0 aliphatic heterocycles. The van der Waals surface area contributed by atoms with Crippen LogP contribution >= 0.6 is 0 Å². The van der Waals surface area contributed by atoms with Crippen LogP contribution in [0.5, 0.6) is 0 Å². The van der Waals surface area contributed by atoms with Gasteiger partial charge in [-0.3, -0.25) is 4.90 Å². The molecule has 0 aromatic carbocycles. The van der Waals surface area contributed by atoms with Gasteiger partial charge in [-0.2, -0.15) is 0 Å². The molecule has 1 N–H and O–H groups in total. The van der Waals surface area contributed by atoms with E-state index >= 15 is 0 Å². The van der Waals surface area contributed by atoms with Gasteiger partial charge in [0.05, 0.1) is 13.1 Å². The minimum absolute atomic E-state index is 0.779. The highest BCUT2D eigenvalue weighted by Gasteiger charge is 1.95. The summed E-state index contributed by atoms with van der Waals surface area (Å²) in [4.78, 5) is 4.40. The lowest BCUT2D eigenvalue weighted by molar-refractivity contribution is 0.305. The van der Waals surface area contributed by atoms with E-state index in [1.165, 1.54) is 0 Å². The van der Waals surface area contributed by atoms with Crippen molar-refractivity contribution in [1.29, 1.82) is 0 Å². The van der Waals surface area contributed by atoms with Crippen molar-refractivity contribution in [1.82, 2.24) is 15.1 Å². The van der Waals surface area contributed by atoms with Crippen molar-refractivity contribution >= 4 is 0 Å². The molecule has 0 aromatic heterocycles. The maximum atomic E-state index is 3.10. The number of hydrogen-bond donors (Lipinski definition) is 1. The van der Waals surface area contributed by atoms with Crippen molar-refractivity contribution in [2.45, 2.75) is 0 Å². The molecule has 0 spiro atoms. The molecule has 0 atom stereocenters. The van der Waals surface area contributed by atoms with Crippen LogP contribution in [0.3, 0.4) is 0 Å². The van der Waals surface area contributed by atoms with E-state index in [0.717, 1.165) is 26.2 Å². The third-order valence-electron chi connectivity index (χ3n) is 1.67. The molecule has 0 aliphatic rings. The number of rotatable bonds is 5. The Kier molecular flexibility index (Phi) is 7.71. The van der Waals surface area contributed by atoms with Crippen LogP contribution in [0.4, 0.5) is 0 Å². The maximum Gasteiger partial charge on any atom is 0.0600 e. The molecule has 3 nitrogen and oxygen atoms in total. The van der Waals surface area contributed by atoms with Gasteiger partial charge in [-0.05, 0) is 28.2 Å². The van der Waals surface area contributed by atoms with Crippen LogP contribution in [0.1, 0.15) is 0 Å². The Balaban J connectivity index is 3.41. The molecule has 0 radical (unpaired) electrons. The highest BCUT2D eigenvalue weighted by Crippen LogP contribution is 1.81. The third kappa shape index (κ3) is 9.35. The molecule has 0 aromatic rings. The molecule has 0 fully saturated rings. The summed E-state index contributed by atoms with van der Waals surface area (Å²) in [6.45, 7) is 3.79. The molecule has 0 saturated carbocycles. The van der Waals surface area contributed by atoms with E-state index < -0.39 is 0 Å². The Hall–Kier alpha value is -0.560.